The van der Waals surface area contributed by atoms with Crippen LogP contribution in [0.5, 0.6) is 5.75 Å². The molecule has 2 heterocycles. The fraction of sp³-hybridized carbons (Fsp3) is 0.208. The molecule has 0 spiro atoms. The number of aliphatic imine (C=N–C) groups is 1. The lowest BCUT2D eigenvalue weighted by molar-refractivity contribution is 0.317. The number of halogens is 2. The molecule has 5 aromatic rings. The molecule has 3 aromatic carbocycles. The van der Waals surface area contributed by atoms with Crippen LogP contribution in [-0.4, -0.2) is 43.2 Å². The molecular formula is C24H23Cl2N5O. The second-order valence-corrected chi connectivity index (χ2v) is 8.50. The van der Waals surface area contributed by atoms with E-state index in [1.54, 1.807) is 7.05 Å². The zero-order valence-corrected chi connectivity index (χ0v) is 19.3. The summed E-state index contributed by atoms with van der Waals surface area (Å²) in [4.78, 5) is 11.2. The maximum atomic E-state index is 6.37. The number of ether oxygens (including phenoxy) is 1. The van der Waals surface area contributed by atoms with Crippen LogP contribution in [0.3, 0.4) is 0 Å². The molecule has 0 fully saturated rings. The van der Waals surface area contributed by atoms with Crippen molar-refractivity contribution >= 4 is 72.8 Å². The number of benzene rings is 3. The van der Waals surface area contributed by atoms with Gasteiger partial charge in [0.15, 0.2) is 11.7 Å². The maximum absolute atomic E-state index is 6.37. The number of nitrogens with one attached hydrogen (secondary N) is 4. The molecule has 164 valence electrons. The van der Waals surface area contributed by atoms with Crippen LogP contribution in [-0.2, 0) is 0 Å². The van der Waals surface area contributed by atoms with E-state index >= 15 is 0 Å². The van der Waals surface area contributed by atoms with Crippen LogP contribution in [0.1, 0.15) is 6.42 Å². The van der Waals surface area contributed by atoms with Crippen LogP contribution in [0, 0.1) is 0 Å². The molecule has 0 radical (unpaired) electrons. The SMILES string of the molecule is CN=C(NC)NCCCOc1c2[nH]c3ccc(Cl)cc3c2cc2c1[nH]c1ccc(Cl)cc12. The minimum atomic E-state index is 0.550. The summed E-state index contributed by atoms with van der Waals surface area (Å²) >= 11 is 12.6. The van der Waals surface area contributed by atoms with Crippen LogP contribution in [0.15, 0.2) is 47.5 Å². The van der Waals surface area contributed by atoms with Crippen molar-refractivity contribution in [2.45, 2.75) is 6.42 Å². The normalized spacial score (nSPS) is 12.3. The summed E-state index contributed by atoms with van der Waals surface area (Å²) in [5.41, 5.74) is 3.94. The first-order valence-corrected chi connectivity index (χ1v) is 11.2. The lowest BCUT2D eigenvalue weighted by Crippen LogP contribution is -2.35. The van der Waals surface area contributed by atoms with Crippen molar-refractivity contribution in [1.29, 1.82) is 0 Å². The van der Waals surface area contributed by atoms with Crippen LogP contribution in [0.2, 0.25) is 10.0 Å². The number of aromatic amines is 2. The lowest BCUT2D eigenvalue weighted by atomic mass is 10.1. The Labute approximate surface area is 194 Å². The Balaban J connectivity index is 1.61. The number of rotatable bonds is 5. The number of fused-ring (bicyclic) bond motifs is 6. The zero-order valence-electron chi connectivity index (χ0n) is 17.8. The number of hydrogen-bond acceptors (Lipinski definition) is 2. The second kappa shape index (κ2) is 8.45. The van der Waals surface area contributed by atoms with Gasteiger partial charge in [0.1, 0.15) is 0 Å². The molecule has 6 nitrogen and oxygen atoms in total. The molecule has 0 aliphatic rings. The first-order chi connectivity index (χ1) is 15.6. The summed E-state index contributed by atoms with van der Waals surface area (Å²) in [5.74, 6) is 1.56. The highest BCUT2D eigenvalue weighted by Gasteiger charge is 2.18. The van der Waals surface area contributed by atoms with Gasteiger partial charge in [-0.05, 0) is 48.9 Å². The molecule has 0 saturated heterocycles. The van der Waals surface area contributed by atoms with E-state index in [1.807, 2.05) is 43.4 Å². The molecule has 2 aromatic heterocycles. The predicted octanol–water partition coefficient (Wildman–Crippen LogP) is 5.83. The average Bonchev–Trinajstić information content (AvgIpc) is 3.33. The summed E-state index contributed by atoms with van der Waals surface area (Å²) in [6.07, 6.45) is 0.816. The van der Waals surface area contributed by atoms with Crippen LogP contribution in [0.25, 0.3) is 43.6 Å². The van der Waals surface area contributed by atoms with Crippen molar-refractivity contribution in [3.63, 3.8) is 0 Å². The van der Waals surface area contributed by atoms with E-state index in [-0.39, 0.29) is 0 Å². The van der Waals surface area contributed by atoms with Gasteiger partial charge < -0.3 is 25.3 Å². The third kappa shape index (κ3) is 3.59. The van der Waals surface area contributed by atoms with Gasteiger partial charge in [0.05, 0.1) is 17.6 Å². The van der Waals surface area contributed by atoms with E-state index in [9.17, 15) is 0 Å². The van der Waals surface area contributed by atoms with E-state index in [1.165, 1.54) is 0 Å². The molecule has 0 amide bonds. The summed E-state index contributed by atoms with van der Waals surface area (Å²) in [6, 6.07) is 13.9. The highest BCUT2D eigenvalue weighted by molar-refractivity contribution is 6.33. The molecule has 8 heteroatoms. The third-order valence-corrected chi connectivity index (χ3v) is 6.13. The van der Waals surface area contributed by atoms with Crippen molar-refractivity contribution in [1.82, 2.24) is 20.6 Å². The summed E-state index contributed by atoms with van der Waals surface area (Å²) in [6.45, 7) is 1.30. The van der Waals surface area contributed by atoms with Gasteiger partial charge in [-0.15, -0.1) is 0 Å². The summed E-state index contributed by atoms with van der Waals surface area (Å²) in [5, 5.41) is 11.9. The van der Waals surface area contributed by atoms with Gasteiger partial charge in [0.25, 0.3) is 0 Å². The Morgan fingerprint density at radius 1 is 0.906 bits per heavy atom. The predicted molar refractivity (Wildman–Crippen MR) is 136 cm³/mol. The van der Waals surface area contributed by atoms with E-state index in [0.29, 0.717) is 16.7 Å². The first kappa shape index (κ1) is 20.8. The Hall–Kier alpha value is -3.09. The number of hydrogen-bond donors (Lipinski definition) is 4. The molecule has 0 atom stereocenters. The highest BCUT2D eigenvalue weighted by atomic mass is 35.5. The topological polar surface area (TPSA) is 77.2 Å². The van der Waals surface area contributed by atoms with E-state index in [0.717, 1.165) is 68.3 Å². The minimum absolute atomic E-state index is 0.550. The quantitative estimate of drug-likeness (QED) is 0.149. The Morgan fingerprint density at radius 2 is 1.50 bits per heavy atom. The molecule has 0 aliphatic carbocycles. The first-order valence-electron chi connectivity index (χ1n) is 10.4. The largest absolute Gasteiger partial charge is 0.489 e. The van der Waals surface area contributed by atoms with E-state index in [4.69, 9.17) is 27.9 Å². The lowest BCUT2D eigenvalue weighted by Gasteiger charge is -2.11. The van der Waals surface area contributed by atoms with Crippen LogP contribution >= 0.6 is 23.2 Å². The van der Waals surface area contributed by atoms with Gasteiger partial charge in [-0.3, -0.25) is 4.99 Å². The van der Waals surface area contributed by atoms with E-state index in [2.05, 4.69) is 31.7 Å². The van der Waals surface area contributed by atoms with Crippen molar-refractivity contribution in [3.05, 3.63) is 52.5 Å². The van der Waals surface area contributed by atoms with Crippen molar-refractivity contribution in [3.8, 4) is 5.75 Å². The second-order valence-electron chi connectivity index (χ2n) is 7.63. The molecule has 0 aliphatic heterocycles. The van der Waals surface area contributed by atoms with Gasteiger partial charge in [-0.2, -0.15) is 0 Å². The van der Waals surface area contributed by atoms with Gasteiger partial charge in [0.2, 0.25) is 0 Å². The molecule has 0 bridgehead atoms. The van der Waals surface area contributed by atoms with Gasteiger partial charge in [-0.1, -0.05) is 23.2 Å². The summed E-state index contributed by atoms with van der Waals surface area (Å²) < 4.78 is 6.37. The molecule has 0 unspecified atom stereocenters. The zero-order chi connectivity index (χ0) is 22.2. The van der Waals surface area contributed by atoms with Gasteiger partial charge in [0, 0.05) is 63.3 Å². The number of aromatic nitrogens is 2. The molecule has 5 rings (SSSR count). The molecular weight excluding hydrogens is 445 g/mol. The molecule has 0 saturated carbocycles. The van der Waals surface area contributed by atoms with Crippen molar-refractivity contribution in [2.75, 3.05) is 27.2 Å². The minimum Gasteiger partial charge on any atom is -0.489 e. The highest BCUT2D eigenvalue weighted by Crippen LogP contribution is 2.41. The smallest absolute Gasteiger partial charge is 0.190 e. The number of H-pyrrole nitrogens is 2. The summed E-state index contributed by atoms with van der Waals surface area (Å²) in [7, 11) is 3.59. The van der Waals surface area contributed by atoms with Gasteiger partial charge >= 0.3 is 0 Å². The van der Waals surface area contributed by atoms with E-state index < -0.39 is 0 Å². The fourth-order valence-electron chi connectivity index (χ4n) is 4.17. The standard InChI is InChI=1S/C24H23Cl2N5O/c1-27-24(28-2)29-8-3-9-32-23-21-17(15-10-13(25)4-6-19(15)30-21)12-18-16-11-14(26)5-7-20(16)31-22(18)23/h4-7,10-12,30-31H,3,8-9H2,1-2H3,(H2,27,28,29). The van der Waals surface area contributed by atoms with Crippen molar-refractivity contribution in [2.24, 2.45) is 4.99 Å². The van der Waals surface area contributed by atoms with Crippen molar-refractivity contribution < 1.29 is 4.74 Å². The maximum Gasteiger partial charge on any atom is 0.190 e. The molecule has 4 N–H and O–H groups in total. The number of guanidine groups is 1. The Kier molecular flexibility index (Phi) is 5.49. The third-order valence-electron chi connectivity index (χ3n) is 5.66. The van der Waals surface area contributed by atoms with Crippen LogP contribution < -0.4 is 15.4 Å². The Morgan fingerprint density at radius 3 is 2.03 bits per heavy atom. The fourth-order valence-corrected chi connectivity index (χ4v) is 4.52. The average molecular weight is 468 g/mol. The Bertz CT molecular complexity index is 1390. The van der Waals surface area contributed by atoms with Gasteiger partial charge in [-0.25, -0.2) is 0 Å². The monoisotopic (exact) mass is 467 g/mol. The van der Waals surface area contributed by atoms with Crippen LogP contribution in [0.4, 0.5) is 0 Å². The molecule has 32 heavy (non-hydrogen) atoms. The number of nitrogens with zero attached hydrogens (tertiary/aromatic N) is 1.